The number of hydrogen-bond acceptors (Lipinski definition) is 5. The van der Waals surface area contributed by atoms with Gasteiger partial charge < -0.3 is 15.5 Å². The highest BCUT2D eigenvalue weighted by atomic mass is 32.1. The summed E-state index contributed by atoms with van der Waals surface area (Å²) < 4.78 is 0. The molecule has 2 N–H and O–H groups in total. The number of nitrogens with zero attached hydrogens (tertiary/aromatic N) is 3. The number of aromatic nitrogens is 1. The highest BCUT2D eigenvalue weighted by molar-refractivity contribution is 7.15. The number of fused-ring (bicyclic) bond motifs is 1. The number of thiazole rings is 1. The molecule has 1 atom stereocenters. The minimum atomic E-state index is 0.233. The first kappa shape index (κ1) is 14.3. The summed E-state index contributed by atoms with van der Waals surface area (Å²) in [5.41, 5.74) is 7.49. The van der Waals surface area contributed by atoms with Gasteiger partial charge in [-0.3, -0.25) is 0 Å². The number of rotatable bonds is 3. The minimum absolute atomic E-state index is 0.233. The Balaban J connectivity index is 1.64. The maximum Gasteiger partial charge on any atom is 0.185 e. The average molecular weight is 294 g/mol. The molecule has 2 heterocycles. The summed E-state index contributed by atoms with van der Waals surface area (Å²) in [6, 6.07) is 0.233. The summed E-state index contributed by atoms with van der Waals surface area (Å²) in [5, 5.41) is 1.22. The molecule has 0 radical (unpaired) electrons. The Labute approximate surface area is 126 Å². The van der Waals surface area contributed by atoms with Crippen LogP contribution in [0.1, 0.15) is 42.3 Å². The Morgan fingerprint density at radius 3 is 2.70 bits per heavy atom. The van der Waals surface area contributed by atoms with Crippen molar-refractivity contribution in [1.29, 1.82) is 0 Å². The van der Waals surface area contributed by atoms with Crippen LogP contribution in [-0.2, 0) is 6.42 Å². The fourth-order valence-corrected chi connectivity index (χ4v) is 4.60. The second-order valence-electron chi connectivity index (χ2n) is 6.50. The van der Waals surface area contributed by atoms with Crippen LogP contribution in [0, 0.1) is 5.92 Å². The molecule has 1 fully saturated rings. The molecule has 1 unspecified atom stereocenters. The van der Waals surface area contributed by atoms with Gasteiger partial charge >= 0.3 is 0 Å². The SMILES string of the molecule is CN(C)CC1CCN(c2nc3c(s2)C(N)CCC3)CC1. The smallest absolute Gasteiger partial charge is 0.185 e. The second kappa shape index (κ2) is 6.00. The van der Waals surface area contributed by atoms with Crippen LogP contribution in [0.4, 0.5) is 5.13 Å². The van der Waals surface area contributed by atoms with Crippen molar-refractivity contribution in [3.8, 4) is 0 Å². The zero-order valence-corrected chi connectivity index (χ0v) is 13.5. The van der Waals surface area contributed by atoms with Crippen LogP contribution in [0.25, 0.3) is 0 Å². The molecule has 1 aliphatic heterocycles. The molecular weight excluding hydrogens is 268 g/mol. The number of anilines is 1. The summed E-state index contributed by atoms with van der Waals surface area (Å²) in [4.78, 5) is 11.0. The number of aryl methyl sites for hydroxylation is 1. The molecule has 1 aromatic rings. The number of piperidine rings is 1. The van der Waals surface area contributed by atoms with E-state index in [-0.39, 0.29) is 6.04 Å². The van der Waals surface area contributed by atoms with E-state index in [2.05, 4.69) is 23.9 Å². The summed E-state index contributed by atoms with van der Waals surface area (Å²) >= 11 is 1.84. The number of hydrogen-bond donors (Lipinski definition) is 1. The van der Waals surface area contributed by atoms with Crippen molar-refractivity contribution < 1.29 is 0 Å². The highest BCUT2D eigenvalue weighted by Gasteiger charge is 2.26. The third-order valence-electron chi connectivity index (χ3n) is 4.49. The Morgan fingerprint density at radius 1 is 1.30 bits per heavy atom. The summed E-state index contributed by atoms with van der Waals surface area (Å²) in [6.07, 6.45) is 6.02. The van der Waals surface area contributed by atoms with E-state index in [1.165, 1.54) is 41.5 Å². The van der Waals surface area contributed by atoms with E-state index in [1.807, 2.05) is 11.3 Å². The molecule has 112 valence electrons. The Kier molecular flexibility index (Phi) is 4.29. The lowest BCUT2D eigenvalue weighted by Gasteiger charge is -2.33. The third-order valence-corrected chi connectivity index (χ3v) is 5.78. The van der Waals surface area contributed by atoms with Crippen molar-refractivity contribution in [3.05, 3.63) is 10.6 Å². The molecule has 1 aliphatic carbocycles. The van der Waals surface area contributed by atoms with Gasteiger partial charge in [-0.15, -0.1) is 0 Å². The van der Waals surface area contributed by atoms with Gasteiger partial charge in [0.2, 0.25) is 0 Å². The van der Waals surface area contributed by atoms with Crippen LogP contribution in [-0.4, -0.2) is 43.6 Å². The molecule has 1 saturated heterocycles. The van der Waals surface area contributed by atoms with E-state index in [1.54, 1.807) is 0 Å². The maximum absolute atomic E-state index is 6.21. The van der Waals surface area contributed by atoms with Crippen molar-refractivity contribution in [2.75, 3.05) is 38.6 Å². The van der Waals surface area contributed by atoms with Gasteiger partial charge in [-0.25, -0.2) is 4.98 Å². The molecule has 0 bridgehead atoms. The van der Waals surface area contributed by atoms with Gasteiger partial charge in [-0.2, -0.15) is 0 Å². The lowest BCUT2D eigenvalue weighted by Crippen LogP contribution is -2.37. The molecule has 3 rings (SSSR count). The summed E-state index contributed by atoms with van der Waals surface area (Å²) in [5.74, 6) is 0.845. The van der Waals surface area contributed by atoms with E-state index in [0.717, 1.165) is 31.8 Å². The minimum Gasteiger partial charge on any atom is -0.348 e. The normalized spacial score (nSPS) is 24.2. The van der Waals surface area contributed by atoms with Crippen LogP contribution in [0.15, 0.2) is 0 Å². The summed E-state index contributed by atoms with van der Waals surface area (Å²) in [6.45, 7) is 3.52. The van der Waals surface area contributed by atoms with E-state index < -0.39 is 0 Å². The van der Waals surface area contributed by atoms with Crippen molar-refractivity contribution >= 4 is 16.5 Å². The predicted molar refractivity (Wildman–Crippen MR) is 85.5 cm³/mol. The van der Waals surface area contributed by atoms with Crippen LogP contribution >= 0.6 is 11.3 Å². The van der Waals surface area contributed by atoms with Gasteiger partial charge in [0.05, 0.1) is 5.69 Å². The Hall–Kier alpha value is -0.650. The van der Waals surface area contributed by atoms with Crippen LogP contribution in [0.3, 0.4) is 0 Å². The van der Waals surface area contributed by atoms with Crippen LogP contribution in [0.2, 0.25) is 0 Å². The highest BCUT2D eigenvalue weighted by Crippen LogP contribution is 2.37. The Morgan fingerprint density at radius 2 is 2.05 bits per heavy atom. The van der Waals surface area contributed by atoms with Crippen molar-refractivity contribution in [2.24, 2.45) is 11.7 Å². The third kappa shape index (κ3) is 3.00. The van der Waals surface area contributed by atoms with Crippen molar-refractivity contribution in [2.45, 2.75) is 38.1 Å². The molecule has 20 heavy (non-hydrogen) atoms. The van der Waals surface area contributed by atoms with Gasteiger partial charge in [-0.05, 0) is 52.1 Å². The van der Waals surface area contributed by atoms with Gasteiger partial charge in [-0.1, -0.05) is 11.3 Å². The van der Waals surface area contributed by atoms with E-state index >= 15 is 0 Å². The average Bonchev–Trinajstić information content (AvgIpc) is 2.84. The topological polar surface area (TPSA) is 45.4 Å². The fraction of sp³-hybridized carbons (Fsp3) is 0.800. The van der Waals surface area contributed by atoms with E-state index in [9.17, 15) is 0 Å². The molecule has 0 saturated carbocycles. The van der Waals surface area contributed by atoms with E-state index in [0.29, 0.717) is 0 Å². The molecule has 1 aromatic heterocycles. The largest absolute Gasteiger partial charge is 0.348 e. The molecule has 0 spiro atoms. The zero-order chi connectivity index (χ0) is 14.1. The van der Waals surface area contributed by atoms with Crippen LogP contribution < -0.4 is 10.6 Å². The van der Waals surface area contributed by atoms with Gasteiger partial charge in [0.15, 0.2) is 5.13 Å². The van der Waals surface area contributed by atoms with Crippen LogP contribution in [0.5, 0.6) is 0 Å². The fourth-order valence-electron chi connectivity index (χ4n) is 3.40. The number of nitrogens with two attached hydrogens (primary N) is 1. The monoisotopic (exact) mass is 294 g/mol. The van der Waals surface area contributed by atoms with E-state index in [4.69, 9.17) is 10.7 Å². The molecular formula is C15H26N4S. The standard InChI is InChI=1S/C15H26N4S/c1-18(2)10-11-6-8-19(9-7-11)15-17-13-5-3-4-12(16)14(13)20-15/h11-12H,3-10,16H2,1-2H3. The second-order valence-corrected chi connectivity index (χ2v) is 7.51. The molecule has 4 nitrogen and oxygen atoms in total. The quantitative estimate of drug-likeness (QED) is 0.929. The first-order chi connectivity index (χ1) is 9.63. The molecule has 5 heteroatoms. The van der Waals surface area contributed by atoms with Crippen molar-refractivity contribution in [1.82, 2.24) is 9.88 Å². The molecule has 2 aliphatic rings. The predicted octanol–water partition coefficient (Wildman–Crippen LogP) is 2.26. The molecule has 0 amide bonds. The van der Waals surface area contributed by atoms with Crippen molar-refractivity contribution in [3.63, 3.8) is 0 Å². The lowest BCUT2D eigenvalue weighted by molar-refractivity contribution is 0.285. The summed E-state index contributed by atoms with van der Waals surface area (Å²) in [7, 11) is 4.34. The lowest BCUT2D eigenvalue weighted by atomic mass is 9.97. The zero-order valence-electron chi connectivity index (χ0n) is 12.6. The maximum atomic E-state index is 6.21. The molecule has 0 aromatic carbocycles. The first-order valence-corrected chi connectivity index (χ1v) is 8.60. The van der Waals surface area contributed by atoms with Gasteiger partial charge in [0, 0.05) is 30.6 Å². The Bertz CT molecular complexity index is 449. The van der Waals surface area contributed by atoms with Gasteiger partial charge in [0.25, 0.3) is 0 Å². The first-order valence-electron chi connectivity index (χ1n) is 7.78. The van der Waals surface area contributed by atoms with Gasteiger partial charge in [0.1, 0.15) is 0 Å².